The number of ketones is 1. The molecule has 1 rings (SSSR count). The Morgan fingerprint density at radius 3 is 2.35 bits per heavy atom. The highest BCUT2D eigenvalue weighted by Crippen LogP contribution is 2.32. The molecular formula is C16H24ClNO5. The van der Waals surface area contributed by atoms with Crippen molar-refractivity contribution in [2.75, 3.05) is 7.11 Å². The third-order valence-electron chi connectivity index (χ3n) is 3.21. The van der Waals surface area contributed by atoms with Gasteiger partial charge >= 0.3 is 12.1 Å². The summed E-state index contributed by atoms with van der Waals surface area (Å²) in [5, 5.41) is -0.229. The van der Waals surface area contributed by atoms with Crippen LogP contribution in [0.25, 0.3) is 0 Å². The van der Waals surface area contributed by atoms with E-state index in [0.717, 1.165) is 7.11 Å². The van der Waals surface area contributed by atoms with Gasteiger partial charge in [0.25, 0.3) is 0 Å². The molecule has 0 aromatic heterocycles. The first-order chi connectivity index (χ1) is 10.5. The van der Waals surface area contributed by atoms with Crippen molar-refractivity contribution in [2.24, 2.45) is 5.92 Å². The molecule has 1 heterocycles. The van der Waals surface area contributed by atoms with E-state index >= 15 is 0 Å². The van der Waals surface area contributed by atoms with Crippen LogP contribution < -0.4 is 0 Å². The number of hydrogen-bond donors (Lipinski definition) is 0. The average Bonchev–Trinajstić information content (AvgIpc) is 2.34. The van der Waals surface area contributed by atoms with Crippen molar-refractivity contribution >= 4 is 29.4 Å². The molecule has 1 aliphatic rings. The maximum absolute atomic E-state index is 12.5. The molecule has 0 aromatic rings. The number of carbonyl (C=O) groups is 3. The Bertz CT molecular complexity index is 533. The summed E-state index contributed by atoms with van der Waals surface area (Å²) in [6.07, 6.45) is -0.102. The van der Waals surface area contributed by atoms with Gasteiger partial charge in [-0.1, -0.05) is 25.4 Å². The van der Waals surface area contributed by atoms with Gasteiger partial charge in [0.1, 0.15) is 16.3 Å². The Morgan fingerprint density at radius 2 is 1.91 bits per heavy atom. The molecular weight excluding hydrogens is 322 g/mol. The smallest absolute Gasteiger partial charge is 0.415 e. The van der Waals surface area contributed by atoms with Gasteiger partial charge in [0.05, 0.1) is 7.11 Å². The fourth-order valence-corrected chi connectivity index (χ4v) is 2.77. The van der Waals surface area contributed by atoms with Crippen LogP contribution in [0.1, 0.15) is 47.5 Å². The third-order valence-corrected chi connectivity index (χ3v) is 3.58. The maximum Gasteiger partial charge on any atom is 0.415 e. The molecule has 7 heteroatoms. The molecule has 1 aliphatic heterocycles. The molecule has 0 fully saturated rings. The fraction of sp³-hybridized carbons (Fsp3) is 0.688. The zero-order valence-corrected chi connectivity index (χ0v) is 15.2. The van der Waals surface area contributed by atoms with E-state index in [1.165, 1.54) is 4.90 Å². The van der Waals surface area contributed by atoms with Crippen molar-refractivity contribution in [3.63, 3.8) is 0 Å². The van der Waals surface area contributed by atoms with Crippen molar-refractivity contribution in [1.29, 1.82) is 0 Å². The molecule has 0 aromatic carbocycles. The summed E-state index contributed by atoms with van der Waals surface area (Å²) in [6.45, 7) is 9.15. The molecule has 1 unspecified atom stereocenters. The number of Topliss-reactive ketones (excluding diaryl/α,β-unsaturated/α-hetero) is 1. The second-order valence-electron chi connectivity index (χ2n) is 6.92. The predicted octanol–water partition coefficient (Wildman–Crippen LogP) is 3.23. The monoisotopic (exact) mass is 345 g/mol. The lowest BCUT2D eigenvalue weighted by atomic mass is 9.92. The second-order valence-corrected chi connectivity index (χ2v) is 7.28. The Balaban J connectivity index is 3.28. The highest BCUT2D eigenvalue weighted by molar-refractivity contribution is 6.37. The minimum atomic E-state index is -0.850. The molecule has 0 spiro atoms. The van der Waals surface area contributed by atoms with E-state index in [1.54, 1.807) is 20.8 Å². The number of nitrogens with zero attached hydrogens (tertiary/aromatic N) is 1. The van der Waals surface area contributed by atoms with Crippen molar-refractivity contribution in [3.05, 3.63) is 10.7 Å². The highest BCUT2D eigenvalue weighted by Gasteiger charge is 2.41. The molecule has 6 nitrogen and oxygen atoms in total. The summed E-state index contributed by atoms with van der Waals surface area (Å²) in [5.74, 6) is -1.04. The predicted molar refractivity (Wildman–Crippen MR) is 85.8 cm³/mol. The van der Waals surface area contributed by atoms with Gasteiger partial charge in [-0.15, -0.1) is 0 Å². The number of amides is 1. The van der Waals surface area contributed by atoms with Crippen LogP contribution in [-0.4, -0.2) is 41.5 Å². The van der Waals surface area contributed by atoms with Crippen LogP contribution in [0, 0.1) is 5.92 Å². The van der Waals surface area contributed by atoms with E-state index in [1.807, 2.05) is 13.8 Å². The number of ether oxygens (including phenoxy) is 2. The second kappa shape index (κ2) is 7.34. The van der Waals surface area contributed by atoms with Crippen molar-refractivity contribution in [1.82, 2.24) is 4.90 Å². The summed E-state index contributed by atoms with van der Waals surface area (Å²) >= 11 is 6.20. The standard InChI is InChI=1S/C16H24ClNO5/c1-9(2)7-10-8-11(19)12(14(20)22-6)13(17)18(10)15(21)23-16(3,4)5/h9-10H,7-8H2,1-6H3. The van der Waals surface area contributed by atoms with Gasteiger partial charge in [-0.2, -0.15) is 0 Å². The summed E-state index contributed by atoms with van der Waals surface area (Å²) < 4.78 is 9.96. The van der Waals surface area contributed by atoms with E-state index in [9.17, 15) is 14.4 Å². The minimum absolute atomic E-state index is 0.0120. The maximum atomic E-state index is 12.5. The van der Waals surface area contributed by atoms with Crippen LogP contribution in [0.2, 0.25) is 0 Å². The van der Waals surface area contributed by atoms with E-state index in [4.69, 9.17) is 16.3 Å². The first kappa shape index (κ1) is 19.5. The summed E-state index contributed by atoms with van der Waals surface area (Å²) in [5.41, 5.74) is -1.02. The zero-order valence-electron chi connectivity index (χ0n) is 14.4. The number of carbonyl (C=O) groups excluding carboxylic acids is 3. The van der Waals surface area contributed by atoms with Gasteiger partial charge in [-0.3, -0.25) is 9.69 Å². The van der Waals surface area contributed by atoms with Gasteiger partial charge in [0.2, 0.25) is 0 Å². The lowest BCUT2D eigenvalue weighted by Crippen LogP contribution is -2.47. The molecule has 1 amide bonds. The normalized spacial score (nSPS) is 19.2. The summed E-state index contributed by atoms with van der Waals surface area (Å²) in [7, 11) is 1.16. The number of halogens is 1. The van der Waals surface area contributed by atoms with Crippen LogP contribution >= 0.6 is 11.6 Å². The first-order valence-electron chi connectivity index (χ1n) is 7.51. The van der Waals surface area contributed by atoms with E-state index < -0.39 is 29.5 Å². The number of esters is 1. The summed E-state index contributed by atoms with van der Waals surface area (Å²) in [4.78, 5) is 37.7. The van der Waals surface area contributed by atoms with Crippen molar-refractivity contribution in [2.45, 2.75) is 59.1 Å². The van der Waals surface area contributed by atoms with Gasteiger partial charge < -0.3 is 9.47 Å². The average molecular weight is 346 g/mol. The van der Waals surface area contributed by atoms with Gasteiger partial charge in [0.15, 0.2) is 5.78 Å². The number of methoxy groups -OCH3 is 1. The fourth-order valence-electron chi connectivity index (χ4n) is 2.38. The Morgan fingerprint density at radius 1 is 1.35 bits per heavy atom. The molecule has 1 atom stereocenters. The largest absolute Gasteiger partial charge is 0.465 e. The van der Waals surface area contributed by atoms with E-state index in [-0.39, 0.29) is 23.1 Å². The molecule has 0 bridgehead atoms. The molecule has 0 aliphatic carbocycles. The van der Waals surface area contributed by atoms with E-state index in [0.29, 0.717) is 6.42 Å². The van der Waals surface area contributed by atoms with Crippen LogP contribution in [0.5, 0.6) is 0 Å². The van der Waals surface area contributed by atoms with Crippen LogP contribution in [0.15, 0.2) is 10.7 Å². The van der Waals surface area contributed by atoms with Gasteiger partial charge in [-0.05, 0) is 33.1 Å². The molecule has 0 radical (unpaired) electrons. The molecule has 0 saturated carbocycles. The van der Waals surface area contributed by atoms with Gasteiger partial charge in [0, 0.05) is 12.5 Å². The van der Waals surface area contributed by atoms with Crippen LogP contribution in [0.3, 0.4) is 0 Å². The Hall–Kier alpha value is -1.56. The van der Waals surface area contributed by atoms with Crippen molar-refractivity contribution in [3.8, 4) is 0 Å². The van der Waals surface area contributed by atoms with Gasteiger partial charge in [-0.25, -0.2) is 9.59 Å². The van der Waals surface area contributed by atoms with Crippen LogP contribution in [-0.2, 0) is 19.1 Å². The lowest BCUT2D eigenvalue weighted by Gasteiger charge is -2.36. The Kier molecular flexibility index (Phi) is 6.22. The molecule has 23 heavy (non-hydrogen) atoms. The van der Waals surface area contributed by atoms with Crippen molar-refractivity contribution < 1.29 is 23.9 Å². The lowest BCUT2D eigenvalue weighted by molar-refractivity contribution is -0.138. The topological polar surface area (TPSA) is 72.9 Å². The zero-order chi connectivity index (χ0) is 17.9. The third kappa shape index (κ3) is 4.96. The first-order valence-corrected chi connectivity index (χ1v) is 7.89. The summed E-state index contributed by atoms with van der Waals surface area (Å²) in [6, 6.07) is -0.446. The van der Waals surface area contributed by atoms with E-state index in [2.05, 4.69) is 4.74 Å². The SMILES string of the molecule is COC(=O)C1=C(Cl)N(C(=O)OC(C)(C)C)C(CC(C)C)CC1=O. The number of hydrogen-bond acceptors (Lipinski definition) is 5. The number of rotatable bonds is 3. The highest BCUT2D eigenvalue weighted by atomic mass is 35.5. The van der Waals surface area contributed by atoms with Crippen LogP contribution in [0.4, 0.5) is 4.79 Å². The minimum Gasteiger partial charge on any atom is -0.465 e. The quantitative estimate of drug-likeness (QED) is 0.446. The molecule has 0 saturated heterocycles. The molecule has 130 valence electrons. The molecule has 0 N–H and O–H groups in total. The Labute approximate surface area is 141 Å².